The van der Waals surface area contributed by atoms with E-state index in [0.717, 1.165) is 18.2 Å². The first-order valence-electron chi connectivity index (χ1n) is 9.08. The molecule has 0 aromatic heterocycles. The van der Waals surface area contributed by atoms with Gasteiger partial charge in [0.1, 0.15) is 0 Å². The predicted octanol–water partition coefficient (Wildman–Crippen LogP) is 3.24. The van der Waals surface area contributed by atoms with E-state index in [9.17, 15) is 23.3 Å². The number of nitro groups is 1. The van der Waals surface area contributed by atoms with E-state index in [2.05, 4.69) is 19.6 Å². The molecule has 1 aromatic carbocycles. The van der Waals surface area contributed by atoms with Crippen molar-refractivity contribution < 1.29 is 27.1 Å². The van der Waals surface area contributed by atoms with Gasteiger partial charge in [-0.05, 0) is 25.0 Å². The highest BCUT2D eigenvalue weighted by Crippen LogP contribution is 2.27. The number of rotatable bonds is 7. The molecule has 11 heteroatoms. The zero-order chi connectivity index (χ0) is 20.9. The summed E-state index contributed by atoms with van der Waals surface area (Å²) < 4.78 is 35.4. The molecular weight excluding hydrogens is 404 g/mol. The van der Waals surface area contributed by atoms with Gasteiger partial charge in [-0.1, -0.05) is 31.8 Å². The summed E-state index contributed by atoms with van der Waals surface area (Å²) in [5.74, 6) is 0. The van der Waals surface area contributed by atoms with Gasteiger partial charge in [0.15, 0.2) is 4.90 Å². The number of ether oxygens (including phenoxy) is 1. The Morgan fingerprint density at radius 3 is 2.43 bits per heavy atom. The molecule has 0 bridgehead atoms. The van der Waals surface area contributed by atoms with Crippen molar-refractivity contribution in [3.05, 3.63) is 34.4 Å². The van der Waals surface area contributed by atoms with E-state index in [0.29, 0.717) is 32.5 Å². The monoisotopic (exact) mass is 430 g/mol. The van der Waals surface area contributed by atoms with Gasteiger partial charge < -0.3 is 9.64 Å². The summed E-state index contributed by atoms with van der Waals surface area (Å²) in [6, 6.07) is 5.95. The van der Waals surface area contributed by atoms with Crippen molar-refractivity contribution in [3.63, 3.8) is 0 Å². The maximum absolute atomic E-state index is 12.4. The average Bonchev–Trinajstić information content (AvgIpc) is 2.61. The lowest BCUT2D eigenvalue weighted by atomic mass is 10.1. The van der Waals surface area contributed by atoms with Gasteiger partial charge in [-0.15, -0.1) is 0 Å². The molecule has 0 saturated carbocycles. The van der Waals surface area contributed by atoms with Crippen molar-refractivity contribution in [2.24, 2.45) is 0 Å². The van der Waals surface area contributed by atoms with Crippen LogP contribution in [0.25, 0.3) is 0 Å². The van der Waals surface area contributed by atoms with Gasteiger partial charge in [0.25, 0.3) is 5.69 Å². The zero-order valence-corrected chi connectivity index (χ0v) is 18.1. The quantitative estimate of drug-likeness (QED) is 0.282. The first kappa shape index (κ1) is 22.3. The van der Waals surface area contributed by atoms with Gasteiger partial charge in [0.2, 0.25) is 0 Å². The third-order valence-corrected chi connectivity index (χ3v) is 7.49. The van der Waals surface area contributed by atoms with Crippen LogP contribution >= 0.6 is 0 Å². The fourth-order valence-corrected chi connectivity index (χ4v) is 4.73. The third kappa shape index (κ3) is 6.28. The number of likely N-dealkylation sites (tertiary alicyclic amines) is 1. The minimum absolute atomic E-state index is 0.308. The van der Waals surface area contributed by atoms with Crippen LogP contribution in [-0.4, -0.2) is 58.2 Å². The van der Waals surface area contributed by atoms with Crippen LogP contribution in [0, 0.1) is 10.1 Å². The topological polar surface area (TPSA) is 116 Å². The molecule has 1 aliphatic heterocycles. The van der Waals surface area contributed by atoms with Gasteiger partial charge in [0, 0.05) is 27.2 Å². The van der Waals surface area contributed by atoms with Crippen molar-refractivity contribution in [2.75, 3.05) is 19.7 Å². The molecule has 156 valence electrons. The van der Waals surface area contributed by atoms with Gasteiger partial charge in [-0.3, -0.25) is 14.3 Å². The maximum Gasteiger partial charge on any atom is 0.409 e. The lowest BCUT2D eigenvalue weighted by Crippen LogP contribution is -2.42. The van der Waals surface area contributed by atoms with Crippen LogP contribution in [-0.2, 0) is 19.0 Å². The second kappa shape index (κ2) is 9.01. The van der Waals surface area contributed by atoms with E-state index in [4.69, 9.17) is 8.92 Å². The number of amides is 1. The molecule has 1 heterocycles. The lowest BCUT2D eigenvalue weighted by molar-refractivity contribution is -0.387. The van der Waals surface area contributed by atoms with Gasteiger partial charge in [0.05, 0.1) is 17.6 Å². The summed E-state index contributed by atoms with van der Waals surface area (Å²) in [5, 5.41) is 11.1. The second-order valence-corrected chi connectivity index (χ2v) is 15.0. The Bertz CT molecular complexity index is 815. The highest BCUT2D eigenvalue weighted by molar-refractivity contribution is 7.87. The van der Waals surface area contributed by atoms with Crippen LogP contribution in [0.5, 0.6) is 0 Å². The minimum atomic E-state index is -4.28. The molecule has 1 aromatic rings. The third-order valence-electron chi connectivity index (χ3n) is 4.37. The van der Waals surface area contributed by atoms with Crippen molar-refractivity contribution in [1.82, 2.24) is 4.90 Å². The molecule has 0 radical (unpaired) electrons. The van der Waals surface area contributed by atoms with Crippen LogP contribution in [0.2, 0.25) is 25.7 Å². The highest BCUT2D eigenvalue weighted by atomic mass is 32.2. The highest BCUT2D eigenvalue weighted by Gasteiger charge is 2.32. The molecule has 28 heavy (non-hydrogen) atoms. The molecule has 0 N–H and O–H groups in total. The zero-order valence-electron chi connectivity index (χ0n) is 16.3. The number of nitro benzene ring substituents is 1. The molecular formula is C17H26N2O7SSi. The number of para-hydroxylation sites is 1. The van der Waals surface area contributed by atoms with Crippen LogP contribution in [0.15, 0.2) is 29.2 Å². The van der Waals surface area contributed by atoms with Crippen molar-refractivity contribution in [1.29, 1.82) is 0 Å². The molecule has 1 amide bonds. The first-order chi connectivity index (χ1) is 13.0. The minimum Gasteiger partial charge on any atom is -0.450 e. The lowest BCUT2D eigenvalue weighted by Gasteiger charge is -2.31. The SMILES string of the molecule is C[Si](C)(C)CCOC(=O)N1CCC(OS(=O)(=O)c2ccccc2[N+](=O)[O-])CC1. The Balaban J connectivity index is 1.90. The Labute approximate surface area is 165 Å². The van der Waals surface area contributed by atoms with Gasteiger partial charge in [-0.25, -0.2) is 4.79 Å². The number of piperidine rings is 1. The van der Waals surface area contributed by atoms with Crippen molar-refractivity contribution in [2.45, 2.75) is 49.5 Å². The summed E-state index contributed by atoms with van der Waals surface area (Å²) in [6.07, 6.45) is -0.430. The van der Waals surface area contributed by atoms with E-state index in [1.807, 2.05) is 0 Å². The normalized spacial score (nSPS) is 16.0. The van der Waals surface area contributed by atoms with Gasteiger partial charge >= 0.3 is 16.2 Å². The van der Waals surface area contributed by atoms with Crippen LogP contribution in [0.1, 0.15) is 12.8 Å². The summed E-state index contributed by atoms with van der Waals surface area (Å²) in [4.78, 5) is 23.5. The molecule has 1 fully saturated rings. The first-order valence-corrected chi connectivity index (χ1v) is 14.2. The molecule has 0 aliphatic carbocycles. The van der Waals surface area contributed by atoms with Crippen LogP contribution < -0.4 is 0 Å². The molecule has 1 saturated heterocycles. The van der Waals surface area contributed by atoms with E-state index in [-0.39, 0.29) is 0 Å². The smallest absolute Gasteiger partial charge is 0.409 e. The molecule has 9 nitrogen and oxygen atoms in total. The molecule has 0 unspecified atom stereocenters. The number of benzene rings is 1. The number of carbonyl (C=O) groups is 1. The van der Waals surface area contributed by atoms with Crippen LogP contribution in [0.3, 0.4) is 0 Å². The van der Waals surface area contributed by atoms with E-state index < -0.39 is 45.9 Å². The van der Waals surface area contributed by atoms with E-state index >= 15 is 0 Å². The number of carbonyl (C=O) groups excluding carboxylic acids is 1. The largest absolute Gasteiger partial charge is 0.450 e. The summed E-state index contributed by atoms with van der Waals surface area (Å²) in [6.45, 7) is 7.59. The predicted molar refractivity (Wildman–Crippen MR) is 105 cm³/mol. The number of nitrogens with zero attached hydrogens (tertiary/aromatic N) is 2. The Kier molecular flexibility index (Phi) is 7.18. The molecule has 0 spiro atoms. The molecule has 2 rings (SSSR count). The Hall–Kier alpha value is -1.98. The summed E-state index contributed by atoms with van der Waals surface area (Å²) in [5.41, 5.74) is -0.522. The van der Waals surface area contributed by atoms with E-state index in [1.54, 1.807) is 0 Å². The average molecular weight is 431 g/mol. The fourth-order valence-electron chi connectivity index (χ4n) is 2.72. The Morgan fingerprint density at radius 1 is 1.25 bits per heavy atom. The molecule has 1 aliphatic rings. The number of hydrogen-bond donors (Lipinski definition) is 0. The van der Waals surface area contributed by atoms with Gasteiger partial charge in [-0.2, -0.15) is 8.42 Å². The van der Waals surface area contributed by atoms with Crippen molar-refractivity contribution in [3.8, 4) is 0 Å². The fraction of sp³-hybridized carbons (Fsp3) is 0.588. The Morgan fingerprint density at radius 2 is 1.86 bits per heavy atom. The summed E-state index contributed by atoms with van der Waals surface area (Å²) >= 11 is 0. The second-order valence-electron chi connectivity index (χ2n) is 7.89. The van der Waals surface area contributed by atoms with E-state index in [1.165, 1.54) is 17.0 Å². The standard InChI is InChI=1S/C17H26N2O7SSi/c1-28(2,3)13-12-25-17(20)18-10-8-14(9-11-18)26-27(23,24)16-7-5-4-6-15(16)19(21)22/h4-7,14H,8-13H2,1-3H3. The van der Waals surface area contributed by atoms with Crippen LogP contribution in [0.4, 0.5) is 10.5 Å². The summed E-state index contributed by atoms with van der Waals surface area (Å²) in [7, 11) is -5.56. The molecule has 0 atom stereocenters. The maximum atomic E-state index is 12.4. The number of hydrogen-bond acceptors (Lipinski definition) is 7. The van der Waals surface area contributed by atoms with Crippen molar-refractivity contribution >= 4 is 30.0 Å².